The molecule has 0 aliphatic carbocycles. The van der Waals surface area contributed by atoms with Gasteiger partial charge >= 0.3 is 0 Å². The molecular formula is C13H12INO2S. The van der Waals surface area contributed by atoms with Crippen molar-refractivity contribution in [2.75, 3.05) is 0 Å². The summed E-state index contributed by atoms with van der Waals surface area (Å²) in [5, 5.41) is 0. The first-order chi connectivity index (χ1) is 8.59. The van der Waals surface area contributed by atoms with Crippen LogP contribution in [0.4, 0.5) is 0 Å². The molecule has 3 nitrogen and oxygen atoms in total. The highest BCUT2D eigenvalue weighted by Gasteiger charge is 2.16. The maximum Gasteiger partial charge on any atom is 0.241 e. The van der Waals surface area contributed by atoms with Gasteiger partial charge in [0.15, 0.2) is 0 Å². The fourth-order valence-corrected chi connectivity index (χ4v) is 3.87. The van der Waals surface area contributed by atoms with Crippen LogP contribution in [0.3, 0.4) is 0 Å². The number of sulfonamides is 1. The van der Waals surface area contributed by atoms with Gasteiger partial charge < -0.3 is 0 Å². The summed E-state index contributed by atoms with van der Waals surface area (Å²) in [5.41, 5.74) is 0.937. The Morgan fingerprint density at radius 3 is 2.22 bits per heavy atom. The second-order valence-corrected chi connectivity index (χ2v) is 6.64. The highest BCUT2D eigenvalue weighted by atomic mass is 127. The fraction of sp³-hybridized carbons (Fsp3) is 0.0769. The lowest BCUT2D eigenvalue weighted by atomic mass is 10.2. The molecule has 0 spiro atoms. The molecule has 0 heterocycles. The van der Waals surface area contributed by atoms with E-state index in [1.807, 2.05) is 59.0 Å². The standard InChI is InChI=1S/C13H12INO2S/c14-12-8-4-5-9-13(12)18(16,17)15-10-11-6-2-1-3-7-11/h1-9,15H,10H2. The minimum Gasteiger partial charge on any atom is -0.207 e. The van der Waals surface area contributed by atoms with Crippen molar-refractivity contribution in [2.45, 2.75) is 11.4 Å². The number of hydrogen-bond acceptors (Lipinski definition) is 2. The average molecular weight is 373 g/mol. The molecule has 94 valence electrons. The second kappa shape index (κ2) is 5.81. The largest absolute Gasteiger partial charge is 0.241 e. The molecule has 5 heteroatoms. The van der Waals surface area contributed by atoms with E-state index in [-0.39, 0.29) is 0 Å². The minimum absolute atomic E-state index is 0.300. The van der Waals surface area contributed by atoms with Crippen molar-refractivity contribution in [3.8, 4) is 0 Å². The zero-order valence-electron chi connectivity index (χ0n) is 9.51. The summed E-state index contributed by atoms with van der Waals surface area (Å²) in [6, 6.07) is 16.4. The lowest BCUT2D eigenvalue weighted by Crippen LogP contribution is -2.23. The second-order valence-electron chi connectivity index (χ2n) is 3.74. The topological polar surface area (TPSA) is 46.2 Å². The van der Waals surface area contributed by atoms with E-state index in [1.54, 1.807) is 18.2 Å². The van der Waals surface area contributed by atoms with Crippen LogP contribution in [-0.4, -0.2) is 8.42 Å². The van der Waals surface area contributed by atoms with E-state index in [0.29, 0.717) is 11.4 Å². The third kappa shape index (κ3) is 3.30. The predicted molar refractivity (Wildman–Crippen MR) is 79.6 cm³/mol. The molecule has 0 saturated heterocycles. The predicted octanol–water partition coefficient (Wildman–Crippen LogP) is 2.77. The van der Waals surface area contributed by atoms with E-state index in [4.69, 9.17) is 0 Å². The van der Waals surface area contributed by atoms with Crippen LogP contribution < -0.4 is 4.72 Å². The summed E-state index contributed by atoms with van der Waals surface area (Å²) in [7, 11) is -3.45. The van der Waals surface area contributed by atoms with Crippen LogP contribution in [0, 0.1) is 3.57 Å². The van der Waals surface area contributed by atoms with Crippen molar-refractivity contribution >= 4 is 32.6 Å². The van der Waals surface area contributed by atoms with Crippen LogP contribution >= 0.6 is 22.6 Å². The molecule has 0 aliphatic rings. The molecule has 2 rings (SSSR count). The number of benzene rings is 2. The summed E-state index contributed by atoms with van der Waals surface area (Å²) in [5.74, 6) is 0. The van der Waals surface area contributed by atoms with Crippen molar-refractivity contribution in [1.29, 1.82) is 0 Å². The molecule has 0 radical (unpaired) electrons. The van der Waals surface area contributed by atoms with Crippen molar-refractivity contribution < 1.29 is 8.42 Å². The first-order valence-corrected chi connectivity index (χ1v) is 7.94. The van der Waals surface area contributed by atoms with E-state index in [1.165, 1.54) is 0 Å². The molecule has 0 aromatic heterocycles. The Hall–Kier alpha value is -0.920. The van der Waals surface area contributed by atoms with E-state index in [2.05, 4.69) is 4.72 Å². The molecule has 0 aliphatic heterocycles. The van der Waals surface area contributed by atoms with Crippen LogP contribution in [0.2, 0.25) is 0 Å². The Balaban J connectivity index is 2.16. The fourth-order valence-electron chi connectivity index (χ4n) is 1.51. The highest BCUT2D eigenvalue weighted by molar-refractivity contribution is 14.1. The van der Waals surface area contributed by atoms with Crippen molar-refractivity contribution in [3.05, 3.63) is 63.7 Å². The molecular weight excluding hydrogens is 361 g/mol. The minimum atomic E-state index is -3.45. The zero-order chi connectivity index (χ0) is 13.0. The monoisotopic (exact) mass is 373 g/mol. The third-order valence-corrected chi connectivity index (χ3v) is 5.20. The van der Waals surface area contributed by atoms with Crippen molar-refractivity contribution in [3.63, 3.8) is 0 Å². The normalized spacial score (nSPS) is 11.4. The van der Waals surface area contributed by atoms with Crippen LogP contribution in [0.1, 0.15) is 5.56 Å². The highest BCUT2D eigenvalue weighted by Crippen LogP contribution is 2.17. The quantitative estimate of drug-likeness (QED) is 0.838. The molecule has 0 amide bonds. The van der Waals surface area contributed by atoms with Gasteiger partial charge in [0.2, 0.25) is 10.0 Å². The molecule has 0 saturated carbocycles. The van der Waals surface area contributed by atoms with Gasteiger partial charge in [-0.25, -0.2) is 13.1 Å². The Bertz CT molecular complexity index is 626. The van der Waals surface area contributed by atoms with Crippen molar-refractivity contribution in [1.82, 2.24) is 4.72 Å². The lowest BCUT2D eigenvalue weighted by Gasteiger charge is -2.08. The Kier molecular flexibility index (Phi) is 4.36. The Morgan fingerprint density at radius 1 is 0.944 bits per heavy atom. The maximum absolute atomic E-state index is 12.1. The first-order valence-electron chi connectivity index (χ1n) is 5.38. The third-order valence-electron chi connectivity index (χ3n) is 2.44. The summed E-state index contributed by atoms with van der Waals surface area (Å²) in [4.78, 5) is 0.321. The molecule has 0 bridgehead atoms. The molecule has 18 heavy (non-hydrogen) atoms. The van der Waals surface area contributed by atoms with E-state index >= 15 is 0 Å². The molecule has 0 fully saturated rings. The zero-order valence-corrected chi connectivity index (χ0v) is 12.5. The smallest absolute Gasteiger partial charge is 0.207 e. The lowest BCUT2D eigenvalue weighted by molar-refractivity contribution is 0.581. The Morgan fingerprint density at radius 2 is 1.56 bits per heavy atom. The van der Waals surface area contributed by atoms with E-state index in [0.717, 1.165) is 9.13 Å². The number of rotatable bonds is 4. The van der Waals surface area contributed by atoms with Gasteiger partial charge in [0.25, 0.3) is 0 Å². The summed E-state index contributed by atoms with van der Waals surface area (Å²) in [6.45, 7) is 0.300. The van der Waals surface area contributed by atoms with Crippen LogP contribution in [0.15, 0.2) is 59.5 Å². The average Bonchev–Trinajstić information content (AvgIpc) is 2.38. The summed E-state index contributed by atoms with van der Waals surface area (Å²) >= 11 is 2.02. The van der Waals surface area contributed by atoms with Gasteiger partial charge in [-0.3, -0.25) is 0 Å². The van der Waals surface area contributed by atoms with E-state index < -0.39 is 10.0 Å². The van der Waals surface area contributed by atoms with Gasteiger partial charge in [0, 0.05) is 10.1 Å². The van der Waals surface area contributed by atoms with E-state index in [9.17, 15) is 8.42 Å². The maximum atomic E-state index is 12.1. The van der Waals surface area contributed by atoms with Gasteiger partial charge in [0.05, 0.1) is 4.90 Å². The summed E-state index contributed by atoms with van der Waals surface area (Å²) in [6.07, 6.45) is 0. The Labute approximate surface area is 120 Å². The molecule has 0 atom stereocenters. The molecule has 1 N–H and O–H groups in total. The van der Waals surface area contributed by atoms with Gasteiger partial charge in [0.1, 0.15) is 0 Å². The summed E-state index contributed by atoms with van der Waals surface area (Å²) < 4.78 is 27.5. The van der Waals surface area contributed by atoms with Crippen LogP contribution in [0.25, 0.3) is 0 Å². The first kappa shape index (κ1) is 13.5. The van der Waals surface area contributed by atoms with Gasteiger partial charge in [-0.1, -0.05) is 42.5 Å². The van der Waals surface area contributed by atoms with Gasteiger partial charge in [-0.2, -0.15) is 0 Å². The molecule has 0 unspecified atom stereocenters. The number of halogens is 1. The number of hydrogen-bond donors (Lipinski definition) is 1. The van der Waals surface area contributed by atoms with Crippen LogP contribution in [0.5, 0.6) is 0 Å². The van der Waals surface area contributed by atoms with Crippen molar-refractivity contribution in [2.24, 2.45) is 0 Å². The molecule has 2 aromatic rings. The van der Waals surface area contributed by atoms with Gasteiger partial charge in [-0.05, 0) is 40.3 Å². The van der Waals surface area contributed by atoms with Gasteiger partial charge in [-0.15, -0.1) is 0 Å². The SMILES string of the molecule is O=S(=O)(NCc1ccccc1)c1ccccc1I. The van der Waals surface area contributed by atoms with Crippen LogP contribution in [-0.2, 0) is 16.6 Å². The molecule has 2 aromatic carbocycles. The number of nitrogens with one attached hydrogen (secondary N) is 1.